The van der Waals surface area contributed by atoms with Gasteiger partial charge in [0.1, 0.15) is 0 Å². The highest BCUT2D eigenvalue weighted by atomic mass is 32.1. The standard InChI is InChI=1S/C17H26N2OS/c1-2-15-7-8-17(21-15)16(20)13-18-9-11-19(12-10-18)14-5-3-4-6-14/h7-8,14H,2-6,9-13H2,1H3. The topological polar surface area (TPSA) is 23.6 Å². The second-order valence-corrected chi connectivity index (χ2v) is 7.46. The van der Waals surface area contributed by atoms with E-state index in [-0.39, 0.29) is 0 Å². The maximum atomic E-state index is 12.3. The first-order chi connectivity index (χ1) is 10.3. The van der Waals surface area contributed by atoms with Gasteiger partial charge in [0.2, 0.25) is 0 Å². The zero-order chi connectivity index (χ0) is 14.7. The van der Waals surface area contributed by atoms with Crippen molar-refractivity contribution in [2.24, 2.45) is 0 Å². The van der Waals surface area contributed by atoms with E-state index in [0.717, 1.165) is 43.5 Å². The average Bonchev–Trinajstić information content (AvgIpc) is 3.19. The zero-order valence-corrected chi connectivity index (χ0v) is 13.8. The lowest BCUT2D eigenvalue weighted by molar-refractivity contribution is 0.0778. The Hall–Kier alpha value is -0.710. The Labute approximate surface area is 131 Å². The average molecular weight is 306 g/mol. The van der Waals surface area contributed by atoms with Crippen molar-refractivity contribution < 1.29 is 4.79 Å². The Balaban J connectivity index is 1.47. The Kier molecular flexibility index (Phi) is 5.09. The van der Waals surface area contributed by atoms with E-state index in [2.05, 4.69) is 22.8 Å². The molecule has 0 N–H and O–H groups in total. The van der Waals surface area contributed by atoms with Crippen LogP contribution in [0, 0.1) is 0 Å². The Bertz CT molecular complexity index is 471. The van der Waals surface area contributed by atoms with Crippen LogP contribution in [0.1, 0.15) is 47.2 Å². The van der Waals surface area contributed by atoms with Crippen LogP contribution in [-0.2, 0) is 6.42 Å². The fraction of sp³-hybridized carbons (Fsp3) is 0.706. The highest BCUT2D eigenvalue weighted by molar-refractivity contribution is 7.14. The summed E-state index contributed by atoms with van der Waals surface area (Å²) in [7, 11) is 0. The summed E-state index contributed by atoms with van der Waals surface area (Å²) in [6.07, 6.45) is 6.60. The molecular weight excluding hydrogens is 280 g/mol. The van der Waals surface area contributed by atoms with Gasteiger partial charge >= 0.3 is 0 Å². The molecule has 0 spiro atoms. The summed E-state index contributed by atoms with van der Waals surface area (Å²) in [6.45, 7) is 7.12. The van der Waals surface area contributed by atoms with Crippen LogP contribution in [0.15, 0.2) is 12.1 Å². The molecule has 1 aromatic rings. The van der Waals surface area contributed by atoms with E-state index in [1.807, 2.05) is 6.07 Å². The van der Waals surface area contributed by atoms with E-state index in [9.17, 15) is 4.79 Å². The minimum Gasteiger partial charge on any atom is -0.298 e. The molecule has 116 valence electrons. The first-order valence-corrected chi connectivity index (χ1v) is 9.16. The van der Waals surface area contributed by atoms with Crippen LogP contribution in [0.5, 0.6) is 0 Å². The van der Waals surface area contributed by atoms with Gasteiger partial charge in [0.15, 0.2) is 5.78 Å². The highest BCUT2D eigenvalue weighted by Crippen LogP contribution is 2.24. The molecule has 2 fully saturated rings. The number of ketones is 1. The molecule has 0 unspecified atom stereocenters. The molecule has 0 radical (unpaired) electrons. The van der Waals surface area contributed by atoms with Gasteiger partial charge in [-0.2, -0.15) is 0 Å². The quantitative estimate of drug-likeness (QED) is 0.781. The predicted molar refractivity (Wildman–Crippen MR) is 88.3 cm³/mol. The largest absolute Gasteiger partial charge is 0.298 e. The van der Waals surface area contributed by atoms with E-state index in [4.69, 9.17) is 0 Å². The maximum absolute atomic E-state index is 12.3. The van der Waals surface area contributed by atoms with Crippen molar-refractivity contribution in [3.8, 4) is 0 Å². The van der Waals surface area contributed by atoms with Gasteiger partial charge in [-0.25, -0.2) is 0 Å². The maximum Gasteiger partial charge on any atom is 0.186 e. The van der Waals surface area contributed by atoms with E-state index in [1.54, 1.807) is 11.3 Å². The fourth-order valence-electron chi connectivity index (χ4n) is 3.55. The number of aryl methyl sites for hydroxylation is 1. The van der Waals surface area contributed by atoms with Crippen LogP contribution in [0.3, 0.4) is 0 Å². The lowest BCUT2D eigenvalue weighted by atomic mass is 10.1. The summed E-state index contributed by atoms with van der Waals surface area (Å²) in [5, 5.41) is 0. The lowest BCUT2D eigenvalue weighted by Crippen LogP contribution is -2.50. The normalized spacial score (nSPS) is 22.0. The molecule has 0 bridgehead atoms. The molecule has 21 heavy (non-hydrogen) atoms. The number of carbonyl (C=O) groups is 1. The number of hydrogen-bond acceptors (Lipinski definition) is 4. The monoisotopic (exact) mass is 306 g/mol. The van der Waals surface area contributed by atoms with Crippen molar-refractivity contribution >= 4 is 17.1 Å². The Morgan fingerprint density at radius 2 is 1.90 bits per heavy atom. The third-order valence-corrected chi connectivity index (χ3v) is 6.17. The number of hydrogen-bond donors (Lipinski definition) is 0. The lowest BCUT2D eigenvalue weighted by Gasteiger charge is -2.37. The van der Waals surface area contributed by atoms with E-state index < -0.39 is 0 Å². The van der Waals surface area contributed by atoms with Gasteiger partial charge in [-0.3, -0.25) is 14.6 Å². The molecule has 3 nitrogen and oxygen atoms in total. The van der Waals surface area contributed by atoms with Gasteiger partial charge in [0, 0.05) is 37.1 Å². The number of carbonyl (C=O) groups excluding carboxylic acids is 1. The third-order valence-electron chi connectivity index (χ3n) is 4.90. The minimum atomic E-state index is 0.300. The minimum absolute atomic E-state index is 0.300. The summed E-state index contributed by atoms with van der Waals surface area (Å²) in [5.41, 5.74) is 0. The highest BCUT2D eigenvalue weighted by Gasteiger charge is 2.26. The van der Waals surface area contributed by atoms with Crippen LogP contribution in [0.2, 0.25) is 0 Å². The zero-order valence-electron chi connectivity index (χ0n) is 13.0. The smallest absolute Gasteiger partial charge is 0.186 e. The Morgan fingerprint density at radius 3 is 2.52 bits per heavy atom. The van der Waals surface area contributed by atoms with Crippen LogP contribution in [-0.4, -0.2) is 54.3 Å². The number of thiophene rings is 1. The molecule has 3 rings (SSSR count). The van der Waals surface area contributed by atoms with Crippen LogP contribution >= 0.6 is 11.3 Å². The number of nitrogens with zero attached hydrogens (tertiary/aromatic N) is 2. The molecule has 0 atom stereocenters. The molecule has 1 saturated heterocycles. The summed E-state index contributed by atoms with van der Waals surface area (Å²) >= 11 is 1.66. The van der Waals surface area contributed by atoms with Crippen molar-refractivity contribution in [2.45, 2.75) is 45.1 Å². The van der Waals surface area contributed by atoms with Gasteiger partial charge in [-0.05, 0) is 31.4 Å². The predicted octanol–water partition coefficient (Wildman–Crippen LogP) is 3.05. The molecule has 0 aromatic carbocycles. The molecule has 1 aliphatic heterocycles. The van der Waals surface area contributed by atoms with Gasteiger partial charge in [0.05, 0.1) is 11.4 Å². The molecule has 0 amide bonds. The molecule has 1 aliphatic carbocycles. The Morgan fingerprint density at radius 1 is 1.19 bits per heavy atom. The van der Waals surface area contributed by atoms with Crippen LogP contribution in [0.4, 0.5) is 0 Å². The number of rotatable bonds is 5. The van der Waals surface area contributed by atoms with Gasteiger partial charge < -0.3 is 0 Å². The number of piperazine rings is 1. The van der Waals surface area contributed by atoms with Crippen molar-refractivity contribution in [3.63, 3.8) is 0 Å². The van der Waals surface area contributed by atoms with E-state index >= 15 is 0 Å². The van der Waals surface area contributed by atoms with Crippen LogP contribution < -0.4 is 0 Å². The second kappa shape index (κ2) is 7.03. The SMILES string of the molecule is CCc1ccc(C(=O)CN2CCN(C3CCCC3)CC2)s1. The van der Waals surface area contributed by atoms with Crippen molar-refractivity contribution in [2.75, 3.05) is 32.7 Å². The molecule has 1 saturated carbocycles. The summed E-state index contributed by atoms with van der Waals surface area (Å²) in [4.78, 5) is 19.6. The summed E-state index contributed by atoms with van der Waals surface area (Å²) < 4.78 is 0. The summed E-state index contributed by atoms with van der Waals surface area (Å²) in [5.74, 6) is 0.300. The fourth-order valence-corrected chi connectivity index (χ4v) is 4.43. The first-order valence-electron chi connectivity index (χ1n) is 8.34. The third kappa shape index (κ3) is 3.74. The van der Waals surface area contributed by atoms with E-state index in [1.165, 1.54) is 30.6 Å². The van der Waals surface area contributed by atoms with Crippen molar-refractivity contribution in [1.29, 1.82) is 0 Å². The van der Waals surface area contributed by atoms with Gasteiger partial charge in [-0.1, -0.05) is 19.8 Å². The molecule has 2 aliphatic rings. The molecule has 4 heteroatoms. The van der Waals surface area contributed by atoms with Gasteiger partial charge in [0.25, 0.3) is 0 Å². The van der Waals surface area contributed by atoms with E-state index in [0.29, 0.717) is 12.3 Å². The van der Waals surface area contributed by atoms with Crippen molar-refractivity contribution in [3.05, 3.63) is 21.9 Å². The molecule has 1 aromatic heterocycles. The van der Waals surface area contributed by atoms with Crippen LogP contribution in [0.25, 0.3) is 0 Å². The number of Topliss-reactive ketones (excluding diaryl/α,β-unsaturated/α-hetero) is 1. The summed E-state index contributed by atoms with van der Waals surface area (Å²) in [6, 6.07) is 4.92. The van der Waals surface area contributed by atoms with Gasteiger partial charge in [-0.15, -0.1) is 11.3 Å². The molecule has 2 heterocycles. The second-order valence-electron chi connectivity index (χ2n) is 6.29. The first kappa shape index (κ1) is 15.2. The molecular formula is C17H26N2OS. The van der Waals surface area contributed by atoms with Crippen molar-refractivity contribution in [1.82, 2.24) is 9.80 Å².